The number of nitrogens with zero attached hydrogens (tertiary/aromatic N) is 2. The van der Waals surface area contributed by atoms with Crippen molar-refractivity contribution in [3.63, 3.8) is 0 Å². The number of amides is 2. The zero-order chi connectivity index (χ0) is 24.0. The van der Waals surface area contributed by atoms with E-state index in [1.807, 2.05) is 17.6 Å². The molecule has 0 bridgehead atoms. The van der Waals surface area contributed by atoms with Gasteiger partial charge in [-0.25, -0.2) is 4.39 Å². The number of nitrogens with one attached hydrogen (secondary N) is 1. The number of rotatable bonds is 5. The van der Waals surface area contributed by atoms with Crippen LogP contribution in [0, 0.1) is 11.7 Å². The Kier molecular flexibility index (Phi) is 6.00. The topological polar surface area (TPSA) is 54.3 Å². The first kappa shape index (κ1) is 23.1. The lowest BCUT2D eigenvalue weighted by Crippen LogP contribution is -2.64. The molecule has 180 valence electrons. The lowest BCUT2D eigenvalue weighted by atomic mass is 9.86. The number of hydrogen-bond donors (Lipinski definition) is 1. The van der Waals surface area contributed by atoms with E-state index in [0.717, 1.165) is 47.9 Å². The average Bonchev–Trinajstić information content (AvgIpc) is 3.38. The molecular weight excluding hydrogens is 449 g/mol. The first-order valence-electron chi connectivity index (χ1n) is 12.3. The number of fused-ring (bicyclic) bond motifs is 3. The summed E-state index contributed by atoms with van der Waals surface area (Å²) in [7, 11) is 0. The van der Waals surface area contributed by atoms with Gasteiger partial charge in [-0.1, -0.05) is 26.0 Å². The summed E-state index contributed by atoms with van der Waals surface area (Å²) >= 11 is 1.70. The maximum absolute atomic E-state index is 13.8. The van der Waals surface area contributed by atoms with Crippen LogP contribution in [0.4, 0.5) is 4.39 Å². The minimum atomic E-state index is -1.05. The molecule has 1 aromatic carbocycles. The Hall–Kier alpha value is -2.67. The lowest BCUT2D eigenvalue weighted by Gasteiger charge is -2.45. The van der Waals surface area contributed by atoms with Crippen LogP contribution in [0.2, 0.25) is 0 Å². The van der Waals surface area contributed by atoms with Crippen LogP contribution in [-0.4, -0.2) is 32.9 Å². The molecule has 5 rings (SSSR count). The van der Waals surface area contributed by atoms with Crippen molar-refractivity contribution in [1.82, 2.24) is 14.8 Å². The number of aromatic nitrogens is 1. The Morgan fingerprint density at radius 3 is 2.56 bits per heavy atom. The molecule has 2 aliphatic rings. The monoisotopic (exact) mass is 481 g/mol. The van der Waals surface area contributed by atoms with E-state index in [0.29, 0.717) is 18.2 Å². The summed E-state index contributed by atoms with van der Waals surface area (Å²) in [4.78, 5) is 30.6. The van der Waals surface area contributed by atoms with Crippen molar-refractivity contribution < 1.29 is 14.0 Å². The van der Waals surface area contributed by atoms with Crippen molar-refractivity contribution in [2.24, 2.45) is 5.92 Å². The third kappa shape index (κ3) is 4.04. The highest BCUT2D eigenvalue weighted by Gasteiger charge is 2.48. The Labute approximate surface area is 203 Å². The summed E-state index contributed by atoms with van der Waals surface area (Å²) in [5.41, 5.74) is 1.39. The van der Waals surface area contributed by atoms with Crippen molar-refractivity contribution in [2.45, 2.75) is 77.5 Å². The molecular formula is C27H32FN3O2S. The first-order chi connectivity index (χ1) is 16.3. The maximum atomic E-state index is 13.8. The van der Waals surface area contributed by atoms with Crippen molar-refractivity contribution in [2.75, 3.05) is 0 Å². The van der Waals surface area contributed by atoms with Gasteiger partial charge in [0.15, 0.2) is 0 Å². The molecule has 0 radical (unpaired) electrons. The highest BCUT2D eigenvalue weighted by molar-refractivity contribution is 7.19. The van der Waals surface area contributed by atoms with Crippen molar-refractivity contribution in [3.05, 3.63) is 58.3 Å². The average molecular weight is 482 g/mol. The number of hydrogen-bond acceptors (Lipinski definition) is 3. The molecule has 2 amide bonds. The van der Waals surface area contributed by atoms with Crippen molar-refractivity contribution in [3.8, 4) is 0 Å². The van der Waals surface area contributed by atoms with Gasteiger partial charge in [-0.05, 0) is 74.8 Å². The molecule has 1 saturated carbocycles. The fourth-order valence-corrected chi connectivity index (χ4v) is 6.37. The number of carbonyl (C=O) groups is 2. The largest absolute Gasteiger partial charge is 0.351 e. The summed E-state index contributed by atoms with van der Waals surface area (Å²) in [6, 6.07) is 10.4. The van der Waals surface area contributed by atoms with Crippen LogP contribution in [0.1, 0.15) is 67.4 Å². The van der Waals surface area contributed by atoms with E-state index in [1.165, 1.54) is 17.0 Å². The van der Waals surface area contributed by atoms with Crippen LogP contribution in [0.3, 0.4) is 0 Å². The van der Waals surface area contributed by atoms with Gasteiger partial charge in [0.1, 0.15) is 17.1 Å². The molecule has 1 aliphatic carbocycles. The van der Waals surface area contributed by atoms with E-state index in [-0.39, 0.29) is 30.2 Å². The second-order valence-electron chi connectivity index (χ2n) is 10.2. The Morgan fingerprint density at radius 2 is 1.88 bits per heavy atom. The predicted octanol–water partition coefficient (Wildman–Crippen LogP) is 5.51. The summed E-state index contributed by atoms with van der Waals surface area (Å²) in [6.45, 7) is 6.91. The third-order valence-electron chi connectivity index (χ3n) is 7.61. The van der Waals surface area contributed by atoms with Gasteiger partial charge in [0.2, 0.25) is 5.91 Å². The van der Waals surface area contributed by atoms with E-state index in [9.17, 15) is 14.0 Å². The molecule has 1 atom stereocenters. The summed E-state index contributed by atoms with van der Waals surface area (Å²) < 4.78 is 16.6. The van der Waals surface area contributed by atoms with Crippen LogP contribution >= 0.6 is 11.3 Å². The van der Waals surface area contributed by atoms with E-state index in [2.05, 4.69) is 25.2 Å². The second kappa shape index (κ2) is 8.84. The fourth-order valence-electron chi connectivity index (χ4n) is 5.33. The van der Waals surface area contributed by atoms with Crippen LogP contribution in [0.15, 0.2) is 36.4 Å². The summed E-state index contributed by atoms with van der Waals surface area (Å²) in [5, 5.41) is 3.28. The third-order valence-corrected chi connectivity index (χ3v) is 8.82. The van der Waals surface area contributed by atoms with Gasteiger partial charge < -0.3 is 14.8 Å². The van der Waals surface area contributed by atoms with Gasteiger partial charge in [-0.2, -0.15) is 0 Å². The van der Waals surface area contributed by atoms with Crippen LogP contribution in [0.5, 0.6) is 0 Å². The van der Waals surface area contributed by atoms with Gasteiger partial charge in [-0.15, -0.1) is 11.3 Å². The molecule has 3 aromatic rings. The molecule has 1 unspecified atom stereocenters. The van der Waals surface area contributed by atoms with Crippen LogP contribution < -0.4 is 5.32 Å². The standard InChI is InChI=1S/C27H32FN3O2S/c1-4-21-13-22-24(34-21)14-23-25(32)31(15-18-7-9-19(28)10-8-18)27(3,16-30(22)23)26(33)29-20-11-5-17(2)6-12-20/h7-10,13-14,17,20H,4-6,11-12,15-16H2,1-3H3,(H,29,33). The lowest BCUT2D eigenvalue weighted by molar-refractivity contribution is -0.134. The summed E-state index contributed by atoms with van der Waals surface area (Å²) in [6.07, 6.45) is 5.10. The SMILES string of the molecule is CCc1cc2c(cc3n2CC(C)(C(=O)NC2CCC(C)CC2)N(Cc2ccc(F)cc2)C3=O)s1. The van der Waals surface area contributed by atoms with Crippen molar-refractivity contribution >= 4 is 33.4 Å². The molecule has 5 nitrogen and oxygen atoms in total. The van der Waals surface area contributed by atoms with E-state index in [1.54, 1.807) is 28.4 Å². The zero-order valence-corrected chi connectivity index (χ0v) is 20.9. The number of aryl methyl sites for hydroxylation is 1. The van der Waals surface area contributed by atoms with Gasteiger partial charge in [-0.3, -0.25) is 9.59 Å². The molecule has 7 heteroatoms. The van der Waals surface area contributed by atoms with E-state index >= 15 is 0 Å². The number of carbonyl (C=O) groups excluding carboxylic acids is 2. The Balaban J connectivity index is 1.51. The summed E-state index contributed by atoms with van der Waals surface area (Å²) in [5.74, 6) is 0.103. The number of halogens is 1. The van der Waals surface area contributed by atoms with Gasteiger partial charge >= 0.3 is 0 Å². The van der Waals surface area contributed by atoms with E-state index < -0.39 is 5.54 Å². The van der Waals surface area contributed by atoms with Gasteiger partial charge in [0.25, 0.3) is 5.91 Å². The zero-order valence-electron chi connectivity index (χ0n) is 20.1. The van der Waals surface area contributed by atoms with E-state index in [4.69, 9.17) is 0 Å². The minimum Gasteiger partial charge on any atom is -0.351 e. The minimum absolute atomic E-state index is 0.110. The number of thiophene rings is 1. The van der Waals surface area contributed by atoms with Crippen molar-refractivity contribution in [1.29, 1.82) is 0 Å². The highest BCUT2D eigenvalue weighted by atomic mass is 32.1. The quantitative estimate of drug-likeness (QED) is 0.522. The van der Waals surface area contributed by atoms with Crippen LogP contribution in [-0.2, 0) is 24.3 Å². The molecule has 1 fully saturated rings. The molecule has 2 aromatic heterocycles. The first-order valence-corrected chi connectivity index (χ1v) is 13.1. The van der Waals surface area contributed by atoms with Gasteiger partial charge in [0.05, 0.1) is 16.8 Å². The van der Waals surface area contributed by atoms with Crippen LogP contribution in [0.25, 0.3) is 10.2 Å². The molecule has 1 N–H and O–H groups in total. The molecule has 1 aliphatic heterocycles. The second-order valence-corrected chi connectivity index (χ2v) is 11.3. The Morgan fingerprint density at radius 1 is 1.18 bits per heavy atom. The fraction of sp³-hybridized carbons (Fsp3) is 0.481. The smallest absolute Gasteiger partial charge is 0.271 e. The Bertz CT molecular complexity index is 1220. The normalized spacial score (nSPS) is 24.9. The molecule has 34 heavy (non-hydrogen) atoms. The molecule has 0 spiro atoms. The molecule has 0 saturated heterocycles. The number of benzene rings is 1. The highest BCUT2D eigenvalue weighted by Crippen LogP contribution is 2.37. The molecule has 3 heterocycles. The predicted molar refractivity (Wildman–Crippen MR) is 133 cm³/mol. The van der Waals surface area contributed by atoms with Gasteiger partial charge in [0, 0.05) is 17.5 Å². The maximum Gasteiger partial charge on any atom is 0.271 e.